The molecule has 1 heterocycles. The number of hydrogen-bond acceptors (Lipinski definition) is 3. The second-order valence-electron chi connectivity index (χ2n) is 4.86. The number of para-hydroxylation sites is 1. The minimum Gasteiger partial charge on any atom is -0.368 e. The quantitative estimate of drug-likeness (QED) is 0.646. The zero-order valence-corrected chi connectivity index (χ0v) is 11.9. The van der Waals surface area contributed by atoms with Crippen molar-refractivity contribution in [3.8, 4) is 12.3 Å². The van der Waals surface area contributed by atoms with Crippen molar-refractivity contribution >= 4 is 17.5 Å². The lowest BCUT2D eigenvalue weighted by Crippen LogP contribution is -2.49. The molecule has 1 aliphatic rings. The Hall–Kier alpha value is -2.48. The SMILES string of the molecule is C#CCNC(=O)CC(=O)N1CCN(c2ccccc2)CC1. The van der Waals surface area contributed by atoms with Crippen molar-refractivity contribution in [3.63, 3.8) is 0 Å². The highest BCUT2D eigenvalue weighted by Gasteiger charge is 2.22. The normalized spacial score (nSPS) is 14.4. The Morgan fingerprint density at radius 3 is 2.43 bits per heavy atom. The van der Waals surface area contributed by atoms with E-state index in [0.717, 1.165) is 18.8 Å². The van der Waals surface area contributed by atoms with Gasteiger partial charge in [0, 0.05) is 31.9 Å². The molecule has 1 aromatic rings. The van der Waals surface area contributed by atoms with Gasteiger partial charge >= 0.3 is 0 Å². The highest BCUT2D eigenvalue weighted by atomic mass is 16.2. The predicted molar refractivity (Wildman–Crippen MR) is 81.7 cm³/mol. The molecule has 2 rings (SSSR count). The maximum atomic E-state index is 12.0. The number of nitrogens with one attached hydrogen (secondary N) is 1. The summed E-state index contributed by atoms with van der Waals surface area (Å²) in [6.45, 7) is 2.99. The molecule has 21 heavy (non-hydrogen) atoms. The van der Waals surface area contributed by atoms with Crippen molar-refractivity contribution in [1.82, 2.24) is 10.2 Å². The van der Waals surface area contributed by atoms with Gasteiger partial charge in [-0.25, -0.2) is 0 Å². The highest BCUT2D eigenvalue weighted by Crippen LogP contribution is 2.15. The monoisotopic (exact) mass is 285 g/mol. The van der Waals surface area contributed by atoms with Crippen molar-refractivity contribution < 1.29 is 9.59 Å². The third-order valence-electron chi connectivity index (χ3n) is 3.45. The molecule has 5 heteroatoms. The van der Waals surface area contributed by atoms with Crippen molar-refractivity contribution in [2.75, 3.05) is 37.6 Å². The van der Waals surface area contributed by atoms with E-state index in [2.05, 4.69) is 28.3 Å². The number of amides is 2. The fourth-order valence-corrected chi connectivity index (χ4v) is 2.31. The summed E-state index contributed by atoms with van der Waals surface area (Å²) in [5.41, 5.74) is 1.16. The zero-order chi connectivity index (χ0) is 15.1. The molecule has 0 bridgehead atoms. The first-order chi connectivity index (χ1) is 10.2. The number of piperazine rings is 1. The van der Waals surface area contributed by atoms with Crippen LogP contribution in [0.5, 0.6) is 0 Å². The number of rotatable bonds is 4. The lowest BCUT2D eigenvalue weighted by Gasteiger charge is -2.36. The van der Waals surface area contributed by atoms with Crippen LogP contribution in [0.4, 0.5) is 5.69 Å². The van der Waals surface area contributed by atoms with Gasteiger partial charge < -0.3 is 15.1 Å². The van der Waals surface area contributed by atoms with Crippen molar-refractivity contribution in [1.29, 1.82) is 0 Å². The van der Waals surface area contributed by atoms with Crippen LogP contribution in [0.2, 0.25) is 0 Å². The summed E-state index contributed by atoms with van der Waals surface area (Å²) in [5, 5.41) is 2.50. The Bertz CT molecular complexity index is 528. The molecule has 0 aliphatic carbocycles. The molecule has 2 amide bonds. The molecule has 1 aliphatic heterocycles. The minimum atomic E-state index is -0.316. The van der Waals surface area contributed by atoms with Crippen LogP contribution in [-0.2, 0) is 9.59 Å². The van der Waals surface area contributed by atoms with E-state index in [1.54, 1.807) is 4.90 Å². The van der Waals surface area contributed by atoms with Gasteiger partial charge in [0.1, 0.15) is 6.42 Å². The smallest absolute Gasteiger partial charge is 0.232 e. The molecule has 0 saturated carbocycles. The topological polar surface area (TPSA) is 52.7 Å². The van der Waals surface area contributed by atoms with Gasteiger partial charge in [-0.05, 0) is 12.1 Å². The molecule has 0 atom stereocenters. The fourth-order valence-electron chi connectivity index (χ4n) is 2.31. The Morgan fingerprint density at radius 2 is 1.81 bits per heavy atom. The van der Waals surface area contributed by atoms with Gasteiger partial charge in [0.25, 0.3) is 0 Å². The molecule has 0 unspecified atom stereocenters. The number of carbonyl (C=O) groups excluding carboxylic acids is 2. The van der Waals surface area contributed by atoms with E-state index in [1.165, 1.54) is 0 Å². The molecule has 110 valence electrons. The van der Waals surface area contributed by atoms with Crippen molar-refractivity contribution in [2.24, 2.45) is 0 Å². The van der Waals surface area contributed by atoms with Crippen molar-refractivity contribution in [3.05, 3.63) is 30.3 Å². The van der Waals surface area contributed by atoms with Crippen LogP contribution in [-0.4, -0.2) is 49.4 Å². The van der Waals surface area contributed by atoms with Crippen LogP contribution < -0.4 is 10.2 Å². The number of terminal acetylenes is 1. The molecule has 1 saturated heterocycles. The van der Waals surface area contributed by atoms with Crippen LogP contribution in [0.3, 0.4) is 0 Å². The van der Waals surface area contributed by atoms with Gasteiger partial charge in [-0.2, -0.15) is 0 Å². The predicted octanol–water partition coefficient (Wildman–Crippen LogP) is 0.475. The zero-order valence-electron chi connectivity index (χ0n) is 11.9. The van der Waals surface area contributed by atoms with Crippen LogP contribution in [0.15, 0.2) is 30.3 Å². The summed E-state index contributed by atoms with van der Waals surface area (Å²) in [7, 11) is 0. The highest BCUT2D eigenvalue weighted by molar-refractivity contribution is 5.97. The molecular weight excluding hydrogens is 266 g/mol. The Kier molecular flexibility index (Phi) is 5.22. The van der Waals surface area contributed by atoms with Crippen LogP contribution >= 0.6 is 0 Å². The summed E-state index contributed by atoms with van der Waals surface area (Å²) in [5.74, 6) is 1.85. The van der Waals surface area contributed by atoms with E-state index in [1.807, 2.05) is 18.2 Å². The van der Waals surface area contributed by atoms with E-state index >= 15 is 0 Å². The lowest BCUT2D eigenvalue weighted by molar-refractivity contribution is -0.136. The maximum absolute atomic E-state index is 12.0. The molecule has 0 radical (unpaired) electrons. The van der Waals surface area contributed by atoms with Crippen LogP contribution in [0.25, 0.3) is 0 Å². The first-order valence-electron chi connectivity index (χ1n) is 6.98. The van der Waals surface area contributed by atoms with E-state index in [0.29, 0.717) is 13.1 Å². The van der Waals surface area contributed by atoms with Gasteiger partial charge in [-0.15, -0.1) is 6.42 Å². The van der Waals surface area contributed by atoms with Crippen molar-refractivity contribution in [2.45, 2.75) is 6.42 Å². The van der Waals surface area contributed by atoms with Gasteiger partial charge in [0.15, 0.2) is 0 Å². The molecule has 0 aromatic heterocycles. The number of carbonyl (C=O) groups is 2. The maximum Gasteiger partial charge on any atom is 0.232 e. The van der Waals surface area contributed by atoms with E-state index < -0.39 is 0 Å². The van der Waals surface area contributed by atoms with Gasteiger partial charge in [-0.1, -0.05) is 24.1 Å². The summed E-state index contributed by atoms with van der Waals surface area (Å²) in [6.07, 6.45) is 4.92. The third kappa shape index (κ3) is 4.25. The van der Waals surface area contributed by atoms with Gasteiger partial charge in [-0.3, -0.25) is 9.59 Å². The standard InChI is InChI=1S/C16H19N3O2/c1-2-8-17-15(20)13-16(21)19-11-9-18(10-12-19)14-6-4-3-5-7-14/h1,3-7H,8-13H2,(H,17,20). The number of anilines is 1. The fraction of sp³-hybridized carbons (Fsp3) is 0.375. The lowest BCUT2D eigenvalue weighted by atomic mass is 10.2. The van der Waals surface area contributed by atoms with E-state index in [4.69, 9.17) is 6.42 Å². The van der Waals surface area contributed by atoms with E-state index in [9.17, 15) is 9.59 Å². The second-order valence-corrected chi connectivity index (χ2v) is 4.86. The van der Waals surface area contributed by atoms with Crippen LogP contribution in [0, 0.1) is 12.3 Å². The first-order valence-corrected chi connectivity index (χ1v) is 6.98. The number of nitrogens with zero attached hydrogens (tertiary/aromatic N) is 2. The number of hydrogen-bond donors (Lipinski definition) is 1. The molecule has 0 spiro atoms. The molecule has 5 nitrogen and oxygen atoms in total. The average molecular weight is 285 g/mol. The molecule has 1 N–H and O–H groups in total. The third-order valence-corrected chi connectivity index (χ3v) is 3.45. The Labute approximate surface area is 124 Å². The second kappa shape index (κ2) is 7.34. The van der Waals surface area contributed by atoms with Gasteiger partial charge in [0.05, 0.1) is 6.54 Å². The Morgan fingerprint density at radius 1 is 1.14 bits per heavy atom. The summed E-state index contributed by atoms with van der Waals surface area (Å²) in [4.78, 5) is 27.5. The summed E-state index contributed by atoms with van der Waals surface area (Å²) in [6, 6.07) is 10.1. The van der Waals surface area contributed by atoms with Gasteiger partial charge in [0.2, 0.25) is 11.8 Å². The molecular formula is C16H19N3O2. The Balaban J connectivity index is 1.80. The summed E-state index contributed by atoms with van der Waals surface area (Å²) >= 11 is 0. The van der Waals surface area contributed by atoms with E-state index in [-0.39, 0.29) is 24.8 Å². The molecule has 1 fully saturated rings. The summed E-state index contributed by atoms with van der Waals surface area (Å²) < 4.78 is 0. The minimum absolute atomic E-state index is 0.132. The molecule has 1 aromatic carbocycles. The average Bonchev–Trinajstić information content (AvgIpc) is 2.54. The van der Waals surface area contributed by atoms with Crippen LogP contribution in [0.1, 0.15) is 6.42 Å². The first kappa shape index (κ1) is 14.9. The largest absolute Gasteiger partial charge is 0.368 e. The number of benzene rings is 1.